The van der Waals surface area contributed by atoms with Crippen molar-refractivity contribution in [2.45, 2.75) is 26.2 Å². The first-order valence-corrected chi connectivity index (χ1v) is 7.79. The largest absolute Gasteiger partial charge is 0.497 e. The summed E-state index contributed by atoms with van der Waals surface area (Å²) in [4.78, 5) is 12.0. The molecule has 0 saturated heterocycles. The van der Waals surface area contributed by atoms with Crippen LogP contribution in [0.15, 0.2) is 53.6 Å². The number of carbonyl (C=O) groups excluding carboxylic acids is 1. The lowest BCUT2D eigenvalue weighted by Crippen LogP contribution is -2.17. The van der Waals surface area contributed by atoms with Gasteiger partial charge in [-0.1, -0.05) is 43.7 Å². The van der Waals surface area contributed by atoms with E-state index in [-0.39, 0.29) is 5.91 Å². The molecule has 0 aromatic heterocycles. The van der Waals surface area contributed by atoms with E-state index in [1.807, 2.05) is 12.1 Å². The highest BCUT2D eigenvalue weighted by Crippen LogP contribution is 2.12. The second-order valence-corrected chi connectivity index (χ2v) is 5.28. The molecule has 0 unspecified atom stereocenters. The molecular weight excluding hydrogens is 288 g/mol. The normalized spacial score (nSPS) is 10.7. The van der Waals surface area contributed by atoms with Crippen molar-refractivity contribution in [3.05, 3.63) is 65.2 Å². The minimum Gasteiger partial charge on any atom is -0.497 e. The summed E-state index contributed by atoms with van der Waals surface area (Å²) in [6, 6.07) is 15.2. The molecule has 2 aromatic rings. The van der Waals surface area contributed by atoms with Crippen molar-refractivity contribution < 1.29 is 9.53 Å². The van der Waals surface area contributed by atoms with Gasteiger partial charge in [-0.25, -0.2) is 5.43 Å². The van der Waals surface area contributed by atoms with Gasteiger partial charge in [0.2, 0.25) is 0 Å². The van der Waals surface area contributed by atoms with Gasteiger partial charge < -0.3 is 4.74 Å². The maximum absolute atomic E-state index is 12.0. The van der Waals surface area contributed by atoms with Gasteiger partial charge in [0, 0.05) is 5.56 Å². The van der Waals surface area contributed by atoms with Crippen LogP contribution in [0, 0.1) is 0 Å². The van der Waals surface area contributed by atoms with E-state index in [0.29, 0.717) is 11.3 Å². The third kappa shape index (κ3) is 5.25. The van der Waals surface area contributed by atoms with Crippen LogP contribution in [-0.4, -0.2) is 19.2 Å². The fraction of sp³-hybridized carbons (Fsp3) is 0.263. The molecule has 0 fully saturated rings. The van der Waals surface area contributed by atoms with Crippen LogP contribution in [0.25, 0.3) is 0 Å². The highest BCUT2D eigenvalue weighted by Gasteiger charge is 2.04. The van der Waals surface area contributed by atoms with Gasteiger partial charge in [-0.2, -0.15) is 5.10 Å². The first-order valence-electron chi connectivity index (χ1n) is 7.79. The van der Waals surface area contributed by atoms with Crippen molar-refractivity contribution in [2.24, 2.45) is 5.10 Å². The Morgan fingerprint density at radius 3 is 2.70 bits per heavy atom. The SMILES string of the molecule is CCCCc1ccc(C=NNC(=O)c2cccc(OC)c2)cc1. The van der Waals surface area contributed by atoms with Crippen molar-refractivity contribution >= 4 is 12.1 Å². The fourth-order valence-electron chi connectivity index (χ4n) is 2.15. The van der Waals surface area contributed by atoms with Gasteiger partial charge in [-0.3, -0.25) is 4.79 Å². The smallest absolute Gasteiger partial charge is 0.271 e. The van der Waals surface area contributed by atoms with E-state index in [9.17, 15) is 4.79 Å². The van der Waals surface area contributed by atoms with Crippen molar-refractivity contribution in [3.63, 3.8) is 0 Å². The predicted molar refractivity (Wildman–Crippen MR) is 93.1 cm³/mol. The number of ether oxygens (including phenoxy) is 1. The van der Waals surface area contributed by atoms with E-state index in [0.717, 1.165) is 12.0 Å². The molecule has 0 aliphatic carbocycles. The van der Waals surface area contributed by atoms with E-state index < -0.39 is 0 Å². The minimum atomic E-state index is -0.264. The fourth-order valence-corrected chi connectivity index (χ4v) is 2.15. The monoisotopic (exact) mass is 310 g/mol. The lowest BCUT2D eigenvalue weighted by molar-refractivity contribution is 0.0955. The van der Waals surface area contributed by atoms with E-state index in [2.05, 4.69) is 29.6 Å². The minimum absolute atomic E-state index is 0.264. The molecule has 4 nitrogen and oxygen atoms in total. The van der Waals surface area contributed by atoms with Crippen LogP contribution in [0.2, 0.25) is 0 Å². The van der Waals surface area contributed by atoms with Crippen molar-refractivity contribution in [1.82, 2.24) is 5.43 Å². The third-order valence-electron chi connectivity index (χ3n) is 3.51. The maximum atomic E-state index is 12.0. The summed E-state index contributed by atoms with van der Waals surface area (Å²) in [7, 11) is 1.57. The molecular formula is C19H22N2O2. The van der Waals surface area contributed by atoms with Crippen molar-refractivity contribution in [1.29, 1.82) is 0 Å². The number of carbonyl (C=O) groups is 1. The van der Waals surface area contributed by atoms with Crippen molar-refractivity contribution in [2.75, 3.05) is 7.11 Å². The summed E-state index contributed by atoms with van der Waals surface area (Å²) < 4.78 is 5.10. The molecule has 0 radical (unpaired) electrons. The first-order chi connectivity index (χ1) is 11.2. The van der Waals surface area contributed by atoms with Crippen LogP contribution in [-0.2, 0) is 6.42 Å². The summed E-state index contributed by atoms with van der Waals surface area (Å²) in [6.45, 7) is 2.19. The van der Waals surface area contributed by atoms with Gasteiger partial charge >= 0.3 is 0 Å². The first kappa shape index (κ1) is 16.7. The maximum Gasteiger partial charge on any atom is 0.271 e. The summed E-state index contributed by atoms with van der Waals surface area (Å²) >= 11 is 0. The number of hydrazone groups is 1. The van der Waals surface area contributed by atoms with Crippen LogP contribution < -0.4 is 10.2 Å². The van der Waals surface area contributed by atoms with Crippen molar-refractivity contribution in [3.8, 4) is 5.75 Å². The van der Waals surface area contributed by atoms with Crippen LogP contribution in [0.3, 0.4) is 0 Å². The molecule has 0 saturated carbocycles. The molecule has 0 spiro atoms. The molecule has 120 valence electrons. The second-order valence-electron chi connectivity index (χ2n) is 5.28. The van der Waals surface area contributed by atoms with E-state index in [1.165, 1.54) is 18.4 Å². The zero-order chi connectivity index (χ0) is 16.5. The molecule has 0 bridgehead atoms. The molecule has 4 heteroatoms. The molecule has 0 aliphatic heterocycles. The number of rotatable bonds is 7. The Balaban J connectivity index is 1.91. The van der Waals surface area contributed by atoms with E-state index in [1.54, 1.807) is 37.6 Å². The second kappa shape index (κ2) is 8.73. The topological polar surface area (TPSA) is 50.7 Å². The Morgan fingerprint density at radius 2 is 2.00 bits per heavy atom. The molecule has 0 atom stereocenters. The zero-order valence-corrected chi connectivity index (χ0v) is 13.6. The van der Waals surface area contributed by atoms with Crippen LogP contribution >= 0.6 is 0 Å². The van der Waals surface area contributed by atoms with Gasteiger partial charge in [0.15, 0.2) is 0 Å². The Hall–Kier alpha value is -2.62. The van der Waals surface area contributed by atoms with E-state index in [4.69, 9.17) is 4.74 Å². The summed E-state index contributed by atoms with van der Waals surface area (Å²) in [6.07, 6.45) is 5.13. The molecule has 2 rings (SSSR count). The molecule has 23 heavy (non-hydrogen) atoms. The van der Waals surface area contributed by atoms with Crippen LogP contribution in [0.5, 0.6) is 5.75 Å². The Morgan fingerprint density at radius 1 is 1.22 bits per heavy atom. The number of unbranched alkanes of at least 4 members (excludes halogenated alkanes) is 1. The van der Waals surface area contributed by atoms with Gasteiger partial charge in [-0.15, -0.1) is 0 Å². The van der Waals surface area contributed by atoms with Crippen LogP contribution in [0.1, 0.15) is 41.3 Å². The lowest BCUT2D eigenvalue weighted by atomic mass is 10.1. The van der Waals surface area contributed by atoms with Gasteiger partial charge in [0.05, 0.1) is 13.3 Å². The highest BCUT2D eigenvalue weighted by atomic mass is 16.5. The molecule has 1 N–H and O–H groups in total. The summed E-state index contributed by atoms with van der Waals surface area (Å²) in [5.74, 6) is 0.379. The Labute approximate surface area is 137 Å². The average molecular weight is 310 g/mol. The predicted octanol–water partition coefficient (Wildman–Crippen LogP) is 3.80. The zero-order valence-electron chi connectivity index (χ0n) is 13.6. The Bertz CT molecular complexity index is 663. The highest BCUT2D eigenvalue weighted by molar-refractivity contribution is 5.95. The third-order valence-corrected chi connectivity index (χ3v) is 3.51. The summed E-state index contributed by atoms with van der Waals surface area (Å²) in [5, 5.41) is 4.00. The molecule has 1 amide bonds. The average Bonchev–Trinajstić information content (AvgIpc) is 2.61. The number of benzene rings is 2. The number of methoxy groups -OCH3 is 1. The number of hydrogen-bond acceptors (Lipinski definition) is 3. The standard InChI is InChI=1S/C19H22N2O2/c1-3-4-6-15-9-11-16(12-10-15)14-20-21-19(22)17-7-5-8-18(13-17)23-2/h5,7-14H,3-4,6H2,1-2H3,(H,21,22). The van der Waals surface area contributed by atoms with Crippen LogP contribution in [0.4, 0.5) is 0 Å². The molecule has 0 heterocycles. The quantitative estimate of drug-likeness (QED) is 0.624. The molecule has 0 aliphatic rings. The number of nitrogens with zero attached hydrogens (tertiary/aromatic N) is 1. The van der Waals surface area contributed by atoms with Gasteiger partial charge in [0.1, 0.15) is 5.75 Å². The molecule has 2 aromatic carbocycles. The Kier molecular flexibility index (Phi) is 6.36. The number of aryl methyl sites for hydroxylation is 1. The summed E-state index contributed by atoms with van der Waals surface area (Å²) in [5.41, 5.74) is 5.31. The van der Waals surface area contributed by atoms with Gasteiger partial charge in [0.25, 0.3) is 5.91 Å². The number of nitrogens with one attached hydrogen (secondary N) is 1. The lowest BCUT2D eigenvalue weighted by Gasteiger charge is -2.03. The van der Waals surface area contributed by atoms with E-state index >= 15 is 0 Å². The number of amides is 1. The number of hydrogen-bond donors (Lipinski definition) is 1. The van der Waals surface area contributed by atoms with Gasteiger partial charge in [-0.05, 0) is 42.2 Å².